The van der Waals surface area contributed by atoms with E-state index >= 15 is 0 Å². The lowest BCUT2D eigenvalue weighted by Gasteiger charge is -2.45. The highest BCUT2D eigenvalue weighted by Gasteiger charge is 2.34. The van der Waals surface area contributed by atoms with Crippen molar-refractivity contribution in [2.45, 2.75) is 58.4 Å². The van der Waals surface area contributed by atoms with Crippen LogP contribution in [0.2, 0.25) is 0 Å². The summed E-state index contributed by atoms with van der Waals surface area (Å²) < 4.78 is 35.2. The highest BCUT2D eigenvalue weighted by atomic mass is 19.3. The van der Waals surface area contributed by atoms with Gasteiger partial charge in [0.15, 0.2) is 5.82 Å². The number of morpholine rings is 1. The molecule has 1 aliphatic carbocycles. The van der Waals surface area contributed by atoms with Gasteiger partial charge < -0.3 is 10.1 Å². The number of allylic oxidation sites excluding steroid dienone is 3. The van der Waals surface area contributed by atoms with Gasteiger partial charge in [-0.05, 0) is 82.4 Å². The van der Waals surface area contributed by atoms with Crippen LogP contribution in [0.4, 0.5) is 14.5 Å². The quantitative estimate of drug-likeness (QED) is 0.363. The highest BCUT2D eigenvalue weighted by molar-refractivity contribution is 6.05. The molecule has 0 spiro atoms. The van der Waals surface area contributed by atoms with E-state index in [-0.39, 0.29) is 17.0 Å². The van der Waals surface area contributed by atoms with Crippen LogP contribution >= 0.6 is 0 Å². The Hall–Kier alpha value is -3.76. The second-order valence-electron chi connectivity index (χ2n) is 11.0. The molecule has 3 aromatic heterocycles. The molecule has 216 valence electrons. The molecule has 1 saturated heterocycles. The first-order valence-electron chi connectivity index (χ1n) is 13.9. The van der Waals surface area contributed by atoms with E-state index < -0.39 is 5.92 Å². The molecule has 0 bridgehead atoms. The summed E-state index contributed by atoms with van der Waals surface area (Å²) in [6.45, 7) is 11.2. The number of anilines is 1. The zero-order chi connectivity index (χ0) is 29.2. The molecule has 1 N–H and O–H groups in total. The molecule has 4 heterocycles. The smallest absolute Gasteiger partial charge is 0.293 e. The van der Waals surface area contributed by atoms with Crippen LogP contribution in [0.15, 0.2) is 55.0 Å². The van der Waals surface area contributed by atoms with E-state index in [1.165, 1.54) is 41.6 Å². The molecule has 1 amide bonds. The average molecular weight is 563 g/mol. The lowest BCUT2D eigenvalue weighted by Crippen LogP contribution is -2.52. The van der Waals surface area contributed by atoms with Gasteiger partial charge >= 0.3 is 0 Å². The summed E-state index contributed by atoms with van der Waals surface area (Å²) in [5.41, 5.74) is 4.61. The zero-order valence-electron chi connectivity index (χ0n) is 24.0. The first kappa shape index (κ1) is 28.8. The molecule has 1 atom stereocenters. The van der Waals surface area contributed by atoms with Crippen molar-refractivity contribution in [2.24, 2.45) is 0 Å². The number of hydrogen-bond acceptors (Lipinski definition) is 6. The number of aryl methyl sites for hydroxylation is 1. The number of carbonyl (C=O) groups excluding carboxylic acids is 1. The van der Waals surface area contributed by atoms with Gasteiger partial charge in [-0.1, -0.05) is 12.2 Å². The van der Waals surface area contributed by atoms with Crippen molar-refractivity contribution in [3.8, 4) is 5.82 Å². The Morgan fingerprint density at radius 2 is 1.93 bits per heavy atom. The molecule has 1 aliphatic heterocycles. The van der Waals surface area contributed by atoms with Gasteiger partial charge in [0.1, 0.15) is 0 Å². The van der Waals surface area contributed by atoms with Crippen molar-refractivity contribution in [1.82, 2.24) is 24.6 Å². The highest BCUT2D eigenvalue weighted by Crippen LogP contribution is 2.37. The van der Waals surface area contributed by atoms with Crippen LogP contribution < -0.4 is 5.32 Å². The minimum atomic E-state index is -3.11. The fourth-order valence-electron chi connectivity index (χ4n) is 5.61. The second kappa shape index (κ2) is 11.6. The Kier molecular flexibility index (Phi) is 8.15. The van der Waals surface area contributed by atoms with Gasteiger partial charge in [-0.2, -0.15) is 13.9 Å². The number of hydrogen-bond donors (Lipinski definition) is 1. The van der Waals surface area contributed by atoms with Gasteiger partial charge in [-0.3, -0.25) is 14.7 Å². The predicted octanol–water partition coefficient (Wildman–Crippen LogP) is 5.86. The number of halogens is 2. The third-order valence-corrected chi connectivity index (χ3v) is 8.12. The summed E-state index contributed by atoms with van der Waals surface area (Å²) in [5, 5.41) is 7.19. The number of nitrogens with one attached hydrogen (secondary N) is 1. The second-order valence-corrected chi connectivity index (χ2v) is 11.0. The monoisotopic (exact) mass is 562 g/mol. The van der Waals surface area contributed by atoms with Crippen LogP contribution in [0.3, 0.4) is 0 Å². The number of ether oxygens (including phenoxy) is 1. The molecule has 0 saturated carbocycles. The van der Waals surface area contributed by atoms with E-state index in [1.54, 1.807) is 13.1 Å². The number of nitrogens with zero attached hydrogens (tertiary/aromatic N) is 5. The Morgan fingerprint density at radius 3 is 2.56 bits per heavy atom. The van der Waals surface area contributed by atoms with Gasteiger partial charge in [0.25, 0.3) is 11.8 Å². The normalized spacial score (nSPS) is 20.3. The van der Waals surface area contributed by atoms with E-state index in [4.69, 9.17) is 9.72 Å². The fourth-order valence-corrected chi connectivity index (χ4v) is 5.61. The topological polar surface area (TPSA) is 85.2 Å². The lowest BCUT2D eigenvalue weighted by molar-refractivity contribution is -0.0190. The third-order valence-electron chi connectivity index (χ3n) is 8.12. The lowest BCUT2D eigenvalue weighted by atomic mass is 9.81. The standard InChI is InChI=1S/C31H36F2N6O2/c1-5-10-31(32,33)24-6-7-27(34-18-24)39-22(3)26(20-36-39)29(40)37-25-17-21(2)28(35-19-25)23-8-11-30(4,12-9-23)38-13-15-41-16-14-38/h5-8,10,17-20H,9,11-16H2,1-4H3,(H,37,40)/b10-5+/t30-/m1/s1. The van der Waals surface area contributed by atoms with Crippen molar-refractivity contribution in [3.05, 3.63) is 83.1 Å². The van der Waals surface area contributed by atoms with Gasteiger partial charge in [0.2, 0.25) is 0 Å². The van der Waals surface area contributed by atoms with Gasteiger partial charge in [-0.25, -0.2) is 9.67 Å². The number of aromatic nitrogens is 4. The summed E-state index contributed by atoms with van der Waals surface area (Å²) >= 11 is 0. The molecule has 41 heavy (non-hydrogen) atoms. The molecular formula is C31H36F2N6O2. The fraction of sp³-hybridized carbons (Fsp3) is 0.419. The van der Waals surface area contributed by atoms with E-state index in [0.717, 1.165) is 69.1 Å². The maximum absolute atomic E-state index is 14.1. The first-order valence-corrected chi connectivity index (χ1v) is 13.9. The Morgan fingerprint density at radius 1 is 1.15 bits per heavy atom. The summed E-state index contributed by atoms with van der Waals surface area (Å²) in [4.78, 5) is 24.5. The van der Waals surface area contributed by atoms with Gasteiger partial charge in [0, 0.05) is 30.4 Å². The number of alkyl halides is 2. The van der Waals surface area contributed by atoms with E-state index in [9.17, 15) is 13.6 Å². The molecule has 1 fully saturated rings. The van der Waals surface area contributed by atoms with Crippen molar-refractivity contribution in [2.75, 3.05) is 31.6 Å². The van der Waals surface area contributed by atoms with Crippen LogP contribution in [-0.4, -0.2) is 62.4 Å². The number of pyridine rings is 2. The van der Waals surface area contributed by atoms with Crippen LogP contribution in [0.5, 0.6) is 0 Å². The van der Waals surface area contributed by atoms with Crippen molar-refractivity contribution < 1.29 is 18.3 Å². The van der Waals surface area contributed by atoms with E-state index in [2.05, 4.69) is 33.3 Å². The number of amides is 1. The molecule has 0 unspecified atom stereocenters. The molecule has 8 nitrogen and oxygen atoms in total. The third kappa shape index (κ3) is 5.99. The predicted molar refractivity (Wildman–Crippen MR) is 154 cm³/mol. The van der Waals surface area contributed by atoms with Crippen molar-refractivity contribution in [1.29, 1.82) is 0 Å². The van der Waals surface area contributed by atoms with E-state index in [0.29, 0.717) is 22.8 Å². The van der Waals surface area contributed by atoms with E-state index in [1.807, 2.05) is 13.0 Å². The molecule has 0 radical (unpaired) electrons. The minimum absolute atomic E-state index is 0.145. The summed E-state index contributed by atoms with van der Waals surface area (Å²) in [7, 11) is 0. The van der Waals surface area contributed by atoms with Crippen molar-refractivity contribution in [3.63, 3.8) is 0 Å². The summed E-state index contributed by atoms with van der Waals surface area (Å²) in [6.07, 6.45) is 11.7. The van der Waals surface area contributed by atoms with Crippen LogP contribution in [0.25, 0.3) is 11.4 Å². The van der Waals surface area contributed by atoms with Gasteiger partial charge in [-0.15, -0.1) is 0 Å². The van der Waals surface area contributed by atoms with Crippen LogP contribution in [0.1, 0.15) is 66.0 Å². The molecule has 10 heteroatoms. The zero-order valence-corrected chi connectivity index (χ0v) is 24.0. The molecule has 5 rings (SSSR count). The summed E-state index contributed by atoms with van der Waals surface area (Å²) in [5.74, 6) is -3.10. The Bertz CT molecular complexity index is 1470. The Balaban J connectivity index is 1.26. The first-order chi connectivity index (χ1) is 19.6. The largest absolute Gasteiger partial charge is 0.379 e. The van der Waals surface area contributed by atoms with Crippen LogP contribution in [0, 0.1) is 13.8 Å². The molecule has 3 aromatic rings. The molecule has 0 aromatic carbocycles. The maximum atomic E-state index is 14.1. The Labute approximate surface area is 239 Å². The number of carbonyl (C=O) groups is 1. The maximum Gasteiger partial charge on any atom is 0.293 e. The molecule has 2 aliphatic rings. The minimum Gasteiger partial charge on any atom is -0.379 e. The number of rotatable bonds is 7. The average Bonchev–Trinajstić information content (AvgIpc) is 3.35. The van der Waals surface area contributed by atoms with Gasteiger partial charge in [0.05, 0.1) is 48.2 Å². The van der Waals surface area contributed by atoms with Crippen molar-refractivity contribution >= 4 is 17.2 Å². The summed E-state index contributed by atoms with van der Waals surface area (Å²) in [6, 6.07) is 4.70. The van der Waals surface area contributed by atoms with Crippen LogP contribution in [-0.2, 0) is 10.7 Å². The molecular weight excluding hydrogens is 526 g/mol. The SMILES string of the molecule is C/C=C/C(F)(F)c1ccc(-n2ncc(C(=O)Nc3cnc(C4=CC[C@@](C)(N5CCOCC5)CC4)c(C)c3)c2C)nc1.